The number of nitrogens with zero attached hydrogens (tertiary/aromatic N) is 2. The number of hydrogen-bond acceptors (Lipinski definition) is 2. The number of benzene rings is 7. The molecule has 0 N–H and O–H groups in total. The van der Waals surface area contributed by atoms with Gasteiger partial charge in [-0.2, -0.15) is 0 Å². The molecule has 1 saturated carbocycles. The lowest BCUT2D eigenvalue weighted by molar-refractivity contribution is 0.444. The summed E-state index contributed by atoms with van der Waals surface area (Å²) in [6, 6.07) is 65.1. The number of fused-ring (bicyclic) bond motifs is 2. The maximum atomic E-state index is 2.88. The topological polar surface area (TPSA) is 6.48 Å². The third-order valence-corrected chi connectivity index (χ3v) is 46.6. The molecule has 0 saturated heterocycles. The zero-order valence-corrected chi connectivity index (χ0v) is 66.0. The highest BCUT2D eigenvalue weighted by molar-refractivity contribution is 6.95. The van der Waals surface area contributed by atoms with Gasteiger partial charge in [0.25, 0.3) is 0 Å². The molecule has 0 unspecified atom stereocenters. The predicted octanol–water partition coefficient (Wildman–Crippen LogP) is 25.0. The van der Waals surface area contributed by atoms with Crippen LogP contribution in [0.25, 0.3) is 21.5 Å². The SMILES string of the molecule is CC[Si](CC)(CC)c1cc(N(c2cc(C(C)(C)C)cc(C(C)(C)C)c2)c2c3ccccc3c(N(c3cc(C(C)(C)C)cc(C(C)(C)C)c3)c3cc([Si](CC)(CC)CC)cc([Si](CC)(CC)CC)c3)c3cc(C4CCCCC4)ccc23)cc([Si](CC)(CC)CC)c1. The molecule has 488 valence electrons. The van der Waals surface area contributed by atoms with Gasteiger partial charge in [0.2, 0.25) is 0 Å². The van der Waals surface area contributed by atoms with Gasteiger partial charge in [-0.3, -0.25) is 0 Å². The summed E-state index contributed by atoms with van der Waals surface area (Å²) in [7, 11) is -7.74. The van der Waals surface area contributed by atoms with E-state index in [1.54, 1.807) is 20.7 Å². The molecule has 0 aromatic heterocycles. The summed E-state index contributed by atoms with van der Waals surface area (Å²) in [4.78, 5) is 5.74. The summed E-state index contributed by atoms with van der Waals surface area (Å²) in [5.74, 6) is 0.528. The van der Waals surface area contributed by atoms with Gasteiger partial charge in [-0.05, 0) is 123 Å². The second-order valence-corrected chi connectivity index (χ2v) is 53.5. The molecule has 7 aromatic rings. The minimum Gasteiger partial charge on any atom is -0.309 e. The minimum absolute atomic E-state index is 0.0794. The Hall–Kier alpha value is -4.47. The molecule has 8 rings (SSSR count). The van der Waals surface area contributed by atoms with E-state index in [0.717, 1.165) is 0 Å². The molecule has 0 spiro atoms. The molecule has 1 aliphatic rings. The first kappa shape index (κ1) is 71.4. The van der Waals surface area contributed by atoms with Crippen molar-refractivity contribution in [2.75, 3.05) is 9.80 Å². The van der Waals surface area contributed by atoms with Crippen LogP contribution in [0.1, 0.15) is 232 Å². The average molecular weight is 1280 g/mol. The Morgan fingerprint density at radius 2 is 0.567 bits per heavy atom. The normalized spacial score (nSPS) is 14.5. The molecule has 1 aliphatic carbocycles. The Kier molecular flexibility index (Phi) is 22.1. The van der Waals surface area contributed by atoms with Crippen molar-refractivity contribution in [1.29, 1.82) is 0 Å². The van der Waals surface area contributed by atoms with Crippen molar-refractivity contribution >= 4 is 109 Å². The first-order valence-corrected chi connectivity index (χ1v) is 47.2. The summed E-state index contributed by atoms with van der Waals surface area (Å²) in [5, 5.41) is 12.0. The number of rotatable bonds is 23. The van der Waals surface area contributed by atoms with Crippen LogP contribution in [0.2, 0.25) is 72.5 Å². The second-order valence-electron chi connectivity index (χ2n) is 32.5. The van der Waals surface area contributed by atoms with Crippen molar-refractivity contribution in [3.8, 4) is 0 Å². The molecule has 0 bridgehead atoms. The van der Waals surface area contributed by atoms with Crippen LogP contribution in [0.4, 0.5) is 34.1 Å². The number of hydrogen-bond donors (Lipinski definition) is 0. The van der Waals surface area contributed by atoms with E-state index in [4.69, 9.17) is 0 Å². The molecule has 0 heterocycles. The molecular formula is C84H126N2Si4. The van der Waals surface area contributed by atoms with Crippen molar-refractivity contribution in [1.82, 2.24) is 0 Å². The highest BCUT2D eigenvalue weighted by Crippen LogP contribution is 2.54. The first-order valence-electron chi connectivity index (χ1n) is 36.7. The standard InChI is InChI=1S/C84H126N2Si4/c1-25-87(26-2,27-3)71-55-69(56-72(59-71)88(28-4,29-5)30-6)85(67-51-63(81(13,14)15)49-64(52-67)82(16,17)18)79-75-44-40-41-45-76(75)80(78-48-62(46-47-77(78)79)61-42-38-37-39-43-61)86(68-53-65(83(19,20)21)50-66(54-68)84(22,23)24)70-57-73(89(31-7,32-8)33-9)60-74(58-70)90(34-10,35-11)36-12/h40-41,44-61H,25-39,42-43H2,1-24H3. The minimum atomic E-state index is -1.94. The van der Waals surface area contributed by atoms with Gasteiger partial charge < -0.3 is 9.80 Å². The maximum absolute atomic E-state index is 2.88. The van der Waals surface area contributed by atoms with Gasteiger partial charge in [-0.15, -0.1) is 0 Å². The Morgan fingerprint density at radius 1 is 0.300 bits per heavy atom. The van der Waals surface area contributed by atoms with Crippen LogP contribution in [0.15, 0.2) is 115 Å². The van der Waals surface area contributed by atoms with Crippen LogP contribution in [-0.2, 0) is 21.7 Å². The molecule has 1 fully saturated rings. The Bertz CT molecular complexity index is 3420. The molecule has 7 aromatic carbocycles. The monoisotopic (exact) mass is 1270 g/mol. The van der Waals surface area contributed by atoms with E-state index in [-0.39, 0.29) is 21.7 Å². The highest BCUT2D eigenvalue weighted by Gasteiger charge is 2.40. The van der Waals surface area contributed by atoms with Crippen molar-refractivity contribution in [3.63, 3.8) is 0 Å². The summed E-state index contributed by atoms with van der Waals surface area (Å²) >= 11 is 0. The summed E-state index contributed by atoms with van der Waals surface area (Å²) < 4.78 is 0. The van der Waals surface area contributed by atoms with E-state index in [2.05, 4.69) is 291 Å². The van der Waals surface area contributed by atoms with Crippen LogP contribution in [0, 0.1) is 0 Å². The van der Waals surface area contributed by atoms with Crippen LogP contribution in [-0.4, -0.2) is 32.3 Å². The largest absolute Gasteiger partial charge is 0.309 e. The molecule has 2 nitrogen and oxygen atoms in total. The van der Waals surface area contributed by atoms with Gasteiger partial charge in [0.15, 0.2) is 0 Å². The van der Waals surface area contributed by atoms with Gasteiger partial charge in [0, 0.05) is 44.3 Å². The molecule has 0 amide bonds. The second kappa shape index (κ2) is 27.8. The van der Waals surface area contributed by atoms with Gasteiger partial charge in [0.05, 0.1) is 43.7 Å². The van der Waals surface area contributed by atoms with Crippen molar-refractivity contribution in [3.05, 3.63) is 143 Å². The van der Waals surface area contributed by atoms with Gasteiger partial charge in [0.1, 0.15) is 0 Å². The molecule has 0 radical (unpaired) electrons. The Labute approximate surface area is 556 Å². The van der Waals surface area contributed by atoms with Gasteiger partial charge in [-0.1, -0.05) is 339 Å². The third kappa shape index (κ3) is 13.7. The van der Waals surface area contributed by atoms with E-state index >= 15 is 0 Å². The smallest absolute Gasteiger partial charge is 0.0860 e. The highest BCUT2D eigenvalue weighted by atomic mass is 28.3. The molecule has 90 heavy (non-hydrogen) atoms. The zero-order valence-electron chi connectivity index (χ0n) is 62.0. The quantitative estimate of drug-likeness (QED) is 0.0358. The predicted molar refractivity (Wildman–Crippen MR) is 419 cm³/mol. The lowest BCUT2D eigenvalue weighted by Gasteiger charge is -2.39. The van der Waals surface area contributed by atoms with Crippen LogP contribution >= 0.6 is 0 Å². The molecular weight excluding hydrogens is 1150 g/mol. The van der Waals surface area contributed by atoms with Gasteiger partial charge in [-0.25, -0.2) is 0 Å². The fraction of sp³-hybridized carbons (Fsp3) is 0.548. The van der Waals surface area contributed by atoms with E-state index < -0.39 is 32.3 Å². The van der Waals surface area contributed by atoms with Crippen LogP contribution in [0.5, 0.6) is 0 Å². The molecule has 6 heteroatoms. The lowest BCUT2D eigenvalue weighted by atomic mass is 9.80. The molecule has 0 atom stereocenters. The molecule has 0 aliphatic heterocycles. The summed E-state index contributed by atoms with van der Waals surface area (Å²) in [6.07, 6.45) is 6.44. The summed E-state index contributed by atoms with van der Waals surface area (Å²) in [6.45, 7) is 59.5. The van der Waals surface area contributed by atoms with E-state index in [1.165, 1.54) is 188 Å². The van der Waals surface area contributed by atoms with Crippen molar-refractivity contribution in [2.45, 2.75) is 298 Å². The average Bonchev–Trinajstić information content (AvgIpc) is 0.730. The summed E-state index contributed by atoms with van der Waals surface area (Å²) in [5.41, 5.74) is 14.7. The van der Waals surface area contributed by atoms with E-state index in [0.29, 0.717) is 5.92 Å². The maximum Gasteiger partial charge on any atom is 0.0860 e. The Balaban J connectivity index is 1.72. The first-order chi connectivity index (χ1) is 42.4. The van der Waals surface area contributed by atoms with Gasteiger partial charge >= 0.3 is 0 Å². The fourth-order valence-electron chi connectivity index (χ4n) is 16.5. The Morgan fingerprint density at radius 3 is 0.844 bits per heavy atom. The van der Waals surface area contributed by atoms with Crippen molar-refractivity contribution in [2.24, 2.45) is 0 Å². The lowest BCUT2D eigenvalue weighted by Crippen LogP contribution is -2.52. The van der Waals surface area contributed by atoms with Crippen molar-refractivity contribution < 1.29 is 0 Å². The van der Waals surface area contributed by atoms with Crippen LogP contribution < -0.4 is 30.5 Å². The number of anilines is 6. The fourth-order valence-corrected chi connectivity index (χ4v) is 31.4. The van der Waals surface area contributed by atoms with E-state index in [9.17, 15) is 0 Å². The van der Waals surface area contributed by atoms with E-state index in [1.807, 2.05) is 0 Å². The van der Waals surface area contributed by atoms with Crippen LogP contribution in [0.3, 0.4) is 0 Å². The third-order valence-electron chi connectivity index (χ3n) is 24.3. The zero-order chi connectivity index (χ0) is 66.2.